The average molecular weight is 779 g/mol. The topological polar surface area (TPSA) is 35.5 Å². The van der Waals surface area contributed by atoms with E-state index in [0.29, 0.717) is 11.3 Å². The van der Waals surface area contributed by atoms with Crippen molar-refractivity contribution in [2.45, 2.75) is 5.41 Å². The molecule has 0 fully saturated rings. The SMILES string of the molecule is COc1ccc(C2(c3ccc(OC(=O)c4ccccc4)c(-c4ccc(Br)cc4)c3)c3ccccc3-c3ccccc32)cc1-c1ccc(Br)cc1. The summed E-state index contributed by atoms with van der Waals surface area (Å²) < 4.78 is 14.1. The van der Waals surface area contributed by atoms with Crippen molar-refractivity contribution in [2.24, 2.45) is 0 Å². The van der Waals surface area contributed by atoms with Crippen LogP contribution >= 0.6 is 31.9 Å². The van der Waals surface area contributed by atoms with E-state index in [4.69, 9.17) is 9.47 Å². The zero-order valence-corrected chi connectivity index (χ0v) is 30.2. The van der Waals surface area contributed by atoms with E-state index in [0.717, 1.165) is 48.1 Å². The summed E-state index contributed by atoms with van der Waals surface area (Å²) in [6, 6.07) is 55.6. The minimum absolute atomic E-state index is 0.405. The van der Waals surface area contributed by atoms with Crippen LogP contribution in [0.2, 0.25) is 0 Å². The quantitative estimate of drug-likeness (QED) is 0.119. The first-order chi connectivity index (χ1) is 24.5. The highest BCUT2D eigenvalue weighted by Gasteiger charge is 2.46. The maximum absolute atomic E-state index is 13.4. The number of hydrogen-bond donors (Lipinski definition) is 0. The number of hydrogen-bond acceptors (Lipinski definition) is 3. The molecule has 0 unspecified atom stereocenters. The largest absolute Gasteiger partial charge is 0.496 e. The summed E-state index contributed by atoms with van der Waals surface area (Å²) in [5.41, 5.74) is 10.5. The van der Waals surface area contributed by atoms with E-state index in [1.807, 2.05) is 48.5 Å². The average Bonchev–Trinajstić information content (AvgIpc) is 3.47. The van der Waals surface area contributed by atoms with Gasteiger partial charge in [-0.25, -0.2) is 4.79 Å². The Balaban J connectivity index is 1.41. The van der Waals surface area contributed by atoms with Gasteiger partial charge in [-0.15, -0.1) is 0 Å². The molecule has 0 saturated carbocycles. The summed E-state index contributed by atoms with van der Waals surface area (Å²) >= 11 is 7.19. The molecule has 0 saturated heterocycles. The molecule has 0 bridgehead atoms. The standard InChI is InChI=1S/C45H30Br2O3/c1-49-42-25-19-32(27-38(42)29-15-21-34(46)22-16-29)45(40-13-7-5-11-36(40)37-12-6-8-14-41(37)45)33-20-26-43(50-44(48)31-9-3-2-4-10-31)39(28-33)30-17-23-35(47)24-18-30/h2-28H,1H3. The summed E-state index contributed by atoms with van der Waals surface area (Å²) in [4.78, 5) is 13.4. The molecule has 8 rings (SSSR count). The second-order valence-corrected chi connectivity index (χ2v) is 14.1. The number of fused-ring (bicyclic) bond motifs is 3. The zero-order chi connectivity index (χ0) is 34.2. The van der Waals surface area contributed by atoms with Crippen LogP contribution in [0.15, 0.2) is 173 Å². The Labute approximate surface area is 308 Å². The number of methoxy groups -OCH3 is 1. The Morgan fingerprint density at radius 2 is 0.960 bits per heavy atom. The molecule has 242 valence electrons. The summed E-state index contributed by atoms with van der Waals surface area (Å²) in [7, 11) is 1.72. The molecular formula is C45H30Br2O3. The minimum atomic E-state index is -0.699. The number of halogens is 2. The van der Waals surface area contributed by atoms with Crippen LogP contribution in [0.1, 0.15) is 32.6 Å². The van der Waals surface area contributed by atoms with Gasteiger partial charge in [0.15, 0.2) is 0 Å². The molecule has 0 radical (unpaired) electrons. The van der Waals surface area contributed by atoms with E-state index in [1.165, 1.54) is 22.3 Å². The molecule has 5 heteroatoms. The van der Waals surface area contributed by atoms with Gasteiger partial charge in [0.1, 0.15) is 11.5 Å². The zero-order valence-electron chi connectivity index (χ0n) is 27.1. The molecule has 0 N–H and O–H groups in total. The van der Waals surface area contributed by atoms with E-state index < -0.39 is 11.4 Å². The number of esters is 1. The predicted octanol–water partition coefficient (Wildman–Crippen LogP) is 12.1. The molecule has 0 heterocycles. The van der Waals surface area contributed by atoms with Crippen LogP contribution in [0.5, 0.6) is 11.5 Å². The van der Waals surface area contributed by atoms with Gasteiger partial charge in [0, 0.05) is 20.1 Å². The third-order valence-corrected chi connectivity index (χ3v) is 10.6. The fourth-order valence-electron chi connectivity index (χ4n) is 7.26. The molecule has 0 spiro atoms. The maximum Gasteiger partial charge on any atom is 0.343 e. The third-order valence-electron chi connectivity index (χ3n) is 9.52. The number of benzene rings is 7. The monoisotopic (exact) mass is 776 g/mol. The Morgan fingerprint density at radius 1 is 0.500 bits per heavy atom. The first-order valence-electron chi connectivity index (χ1n) is 16.3. The molecule has 3 nitrogen and oxygen atoms in total. The van der Waals surface area contributed by atoms with Crippen LogP contribution in [0, 0.1) is 0 Å². The first kappa shape index (κ1) is 32.0. The summed E-state index contributed by atoms with van der Waals surface area (Å²) in [6.45, 7) is 0. The Bertz CT molecular complexity index is 2320. The molecule has 0 aliphatic heterocycles. The van der Waals surface area contributed by atoms with Crippen LogP contribution in [-0.4, -0.2) is 13.1 Å². The van der Waals surface area contributed by atoms with Gasteiger partial charge in [-0.3, -0.25) is 0 Å². The second kappa shape index (κ2) is 13.2. The third kappa shape index (κ3) is 5.47. The Morgan fingerprint density at radius 3 is 1.48 bits per heavy atom. The van der Waals surface area contributed by atoms with Crippen LogP contribution < -0.4 is 9.47 Å². The van der Waals surface area contributed by atoms with Crippen LogP contribution in [0.4, 0.5) is 0 Å². The number of ether oxygens (including phenoxy) is 2. The van der Waals surface area contributed by atoms with Crippen molar-refractivity contribution in [1.29, 1.82) is 0 Å². The van der Waals surface area contributed by atoms with Crippen LogP contribution in [0.3, 0.4) is 0 Å². The second-order valence-electron chi connectivity index (χ2n) is 12.2. The van der Waals surface area contributed by atoms with Crippen LogP contribution in [-0.2, 0) is 5.41 Å². The normalized spacial score (nSPS) is 12.5. The van der Waals surface area contributed by atoms with Crippen molar-refractivity contribution in [3.05, 3.63) is 201 Å². The highest BCUT2D eigenvalue weighted by Crippen LogP contribution is 2.57. The molecule has 1 aliphatic rings. The van der Waals surface area contributed by atoms with E-state index in [1.54, 1.807) is 19.2 Å². The smallest absolute Gasteiger partial charge is 0.343 e. The minimum Gasteiger partial charge on any atom is -0.496 e. The molecule has 7 aromatic carbocycles. The van der Waals surface area contributed by atoms with Crippen molar-refractivity contribution in [1.82, 2.24) is 0 Å². The van der Waals surface area contributed by atoms with Gasteiger partial charge in [0.05, 0.1) is 18.1 Å². The molecule has 0 amide bonds. The van der Waals surface area contributed by atoms with Crippen molar-refractivity contribution in [3.63, 3.8) is 0 Å². The lowest BCUT2D eigenvalue weighted by atomic mass is 9.67. The first-order valence-corrected chi connectivity index (χ1v) is 17.9. The number of carbonyl (C=O) groups excluding carboxylic acids is 1. The van der Waals surface area contributed by atoms with E-state index in [2.05, 4.69) is 135 Å². The van der Waals surface area contributed by atoms with E-state index >= 15 is 0 Å². The van der Waals surface area contributed by atoms with Crippen molar-refractivity contribution < 1.29 is 14.3 Å². The lowest BCUT2D eigenvalue weighted by Crippen LogP contribution is -2.29. The highest BCUT2D eigenvalue weighted by atomic mass is 79.9. The highest BCUT2D eigenvalue weighted by molar-refractivity contribution is 9.10. The van der Waals surface area contributed by atoms with Gasteiger partial charge >= 0.3 is 5.97 Å². The lowest BCUT2D eigenvalue weighted by Gasteiger charge is -2.35. The van der Waals surface area contributed by atoms with Gasteiger partial charge in [-0.05, 0) is 105 Å². The molecule has 7 aromatic rings. The van der Waals surface area contributed by atoms with Gasteiger partial charge in [0.2, 0.25) is 0 Å². The Kier molecular flexibility index (Phi) is 8.47. The number of rotatable bonds is 7. The van der Waals surface area contributed by atoms with Crippen LogP contribution in [0.25, 0.3) is 33.4 Å². The number of carbonyl (C=O) groups is 1. The van der Waals surface area contributed by atoms with E-state index in [9.17, 15) is 4.79 Å². The summed E-state index contributed by atoms with van der Waals surface area (Å²) in [5.74, 6) is 0.881. The molecule has 1 aliphatic carbocycles. The van der Waals surface area contributed by atoms with E-state index in [-0.39, 0.29) is 0 Å². The molecular weight excluding hydrogens is 748 g/mol. The van der Waals surface area contributed by atoms with Gasteiger partial charge < -0.3 is 9.47 Å². The summed E-state index contributed by atoms with van der Waals surface area (Å²) in [5, 5.41) is 0. The lowest BCUT2D eigenvalue weighted by molar-refractivity contribution is 0.0735. The van der Waals surface area contributed by atoms with Crippen molar-refractivity contribution >= 4 is 37.8 Å². The molecule has 0 atom stereocenters. The van der Waals surface area contributed by atoms with Gasteiger partial charge in [-0.1, -0.05) is 135 Å². The van der Waals surface area contributed by atoms with Gasteiger partial charge in [-0.2, -0.15) is 0 Å². The fraction of sp³-hybridized carbons (Fsp3) is 0.0444. The summed E-state index contributed by atoms with van der Waals surface area (Å²) in [6.07, 6.45) is 0. The predicted molar refractivity (Wildman–Crippen MR) is 208 cm³/mol. The maximum atomic E-state index is 13.4. The Hall–Kier alpha value is -5.23. The molecule has 0 aromatic heterocycles. The van der Waals surface area contributed by atoms with Crippen molar-refractivity contribution in [2.75, 3.05) is 7.11 Å². The van der Waals surface area contributed by atoms with Crippen molar-refractivity contribution in [3.8, 4) is 44.9 Å². The fourth-order valence-corrected chi connectivity index (χ4v) is 7.79. The molecule has 50 heavy (non-hydrogen) atoms. The van der Waals surface area contributed by atoms with Gasteiger partial charge in [0.25, 0.3) is 0 Å².